The van der Waals surface area contributed by atoms with E-state index in [0.717, 1.165) is 17.3 Å². The van der Waals surface area contributed by atoms with Crippen molar-refractivity contribution >= 4 is 23.5 Å². The van der Waals surface area contributed by atoms with Crippen LogP contribution in [0.5, 0.6) is 0 Å². The Hall–Kier alpha value is -3.89. The number of carbonyl (C=O) groups is 1. The molecule has 0 fully saturated rings. The first-order chi connectivity index (χ1) is 15.5. The first-order valence-corrected chi connectivity index (χ1v) is 10.8. The number of aromatic nitrogens is 4. The van der Waals surface area contributed by atoms with Crippen molar-refractivity contribution in [3.63, 3.8) is 0 Å². The van der Waals surface area contributed by atoms with E-state index < -0.39 is 11.2 Å². The predicted octanol–water partition coefficient (Wildman–Crippen LogP) is 2.43. The Balaban J connectivity index is 2.05. The lowest BCUT2D eigenvalue weighted by Gasteiger charge is -2.23. The van der Waals surface area contributed by atoms with Crippen LogP contribution < -0.4 is 10.6 Å². The molecule has 0 bridgehead atoms. The van der Waals surface area contributed by atoms with E-state index in [4.69, 9.17) is 5.73 Å². The molecule has 32 heavy (non-hydrogen) atoms. The number of nitrogens with two attached hydrogens (primary N) is 1. The van der Waals surface area contributed by atoms with Gasteiger partial charge in [-0.15, -0.1) is 10.2 Å². The number of amides is 1. The van der Waals surface area contributed by atoms with Crippen molar-refractivity contribution < 1.29 is 4.79 Å². The monoisotopic (exact) mass is 446 g/mol. The normalized spacial score (nSPS) is 11.4. The van der Waals surface area contributed by atoms with Gasteiger partial charge in [0.15, 0.2) is 0 Å². The van der Waals surface area contributed by atoms with Gasteiger partial charge in [-0.3, -0.25) is 4.79 Å². The van der Waals surface area contributed by atoms with E-state index in [9.17, 15) is 15.3 Å². The Labute approximate surface area is 190 Å². The molecule has 1 unspecified atom stereocenters. The van der Waals surface area contributed by atoms with E-state index in [1.165, 1.54) is 0 Å². The quantitative estimate of drug-likeness (QED) is 0.495. The molecule has 2 heterocycles. The summed E-state index contributed by atoms with van der Waals surface area (Å²) in [5, 5.41) is 27.0. The largest absolute Gasteiger partial charge is 0.368 e. The van der Waals surface area contributed by atoms with Gasteiger partial charge in [0, 0.05) is 20.1 Å². The molecular formula is C22H22N8OS. The van der Waals surface area contributed by atoms with Crippen molar-refractivity contribution in [1.29, 1.82) is 10.5 Å². The third kappa shape index (κ3) is 4.88. The highest BCUT2D eigenvalue weighted by atomic mass is 32.2. The molecule has 0 aliphatic carbocycles. The molecular weight excluding hydrogens is 424 g/mol. The number of carbonyl (C=O) groups excluding carboxylic acids is 1. The van der Waals surface area contributed by atoms with Crippen LogP contribution in [0.3, 0.4) is 0 Å². The average Bonchev–Trinajstić information content (AvgIpc) is 3.33. The van der Waals surface area contributed by atoms with Crippen LogP contribution in [0.25, 0.3) is 0 Å². The molecule has 1 amide bonds. The number of pyridine rings is 1. The second-order valence-electron chi connectivity index (χ2n) is 6.98. The first kappa shape index (κ1) is 22.8. The van der Waals surface area contributed by atoms with Gasteiger partial charge in [-0.1, -0.05) is 49.0 Å². The van der Waals surface area contributed by atoms with Crippen LogP contribution in [0, 0.1) is 22.7 Å². The molecule has 162 valence electrons. The van der Waals surface area contributed by atoms with Gasteiger partial charge in [0.2, 0.25) is 5.91 Å². The average molecular weight is 447 g/mol. The molecule has 0 saturated heterocycles. The number of likely N-dealkylation sites (N-methyl/N-ethyl adjacent to an activating group) is 1. The molecule has 2 N–H and O–H groups in total. The number of nitrogens with zero attached hydrogens (tertiary/aromatic N) is 7. The van der Waals surface area contributed by atoms with E-state index in [0.29, 0.717) is 47.0 Å². The molecule has 3 aromatic rings. The van der Waals surface area contributed by atoms with E-state index in [1.54, 1.807) is 12.7 Å². The summed E-state index contributed by atoms with van der Waals surface area (Å²) in [5.41, 5.74) is 7.67. The zero-order chi connectivity index (χ0) is 23.1. The molecule has 9 nitrogen and oxygen atoms in total. The van der Waals surface area contributed by atoms with Crippen LogP contribution in [0.15, 0.2) is 48.0 Å². The summed E-state index contributed by atoms with van der Waals surface area (Å²) in [6, 6.07) is 13.5. The maximum Gasteiger partial charge on any atom is 0.235 e. The summed E-state index contributed by atoms with van der Waals surface area (Å²) in [4.78, 5) is 18.8. The van der Waals surface area contributed by atoms with Crippen LogP contribution in [-0.4, -0.2) is 39.2 Å². The fourth-order valence-corrected chi connectivity index (χ4v) is 4.34. The maximum atomic E-state index is 12.2. The summed E-state index contributed by atoms with van der Waals surface area (Å²) in [6.07, 6.45) is 3.70. The summed E-state index contributed by atoms with van der Waals surface area (Å²) >= 11 is 1.13. The topological polar surface area (TPSA) is 138 Å². The van der Waals surface area contributed by atoms with Crippen molar-refractivity contribution in [3.05, 3.63) is 65.2 Å². The third-order valence-corrected chi connectivity index (χ3v) is 6.20. The second kappa shape index (κ2) is 10.4. The number of nitriles is 2. The number of hydrogen-bond donors (Lipinski definition) is 1. The zero-order valence-corrected chi connectivity index (χ0v) is 18.6. The van der Waals surface area contributed by atoms with Gasteiger partial charge in [0.1, 0.15) is 40.9 Å². The molecule has 0 aliphatic heterocycles. The number of primary amides is 1. The molecule has 3 rings (SSSR count). The third-order valence-electron chi connectivity index (χ3n) is 4.94. The van der Waals surface area contributed by atoms with Gasteiger partial charge in [0.05, 0.1) is 11.1 Å². The number of anilines is 1. The number of hydrogen-bond acceptors (Lipinski definition) is 8. The van der Waals surface area contributed by atoms with Crippen LogP contribution in [0.4, 0.5) is 5.82 Å². The highest BCUT2D eigenvalue weighted by Gasteiger charge is 2.26. The highest BCUT2D eigenvalue weighted by Crippen LogP contribution is 2.39. The van der Waals surface area contributed by atoms with Crippen molar-refractivity contribution in [2.45, 2.75) is 30.2 Å². The second-order valence-corrected chi connectivity index (χ2v) is 8.07. The van der Waals surface area contributed by atoms with Gasteiger partial charge in [-0.2, -0.15) is 10.5 Å². The summed E-state index contributed by atoms with van der Waals surface area (Å²) < 4.78 is 1.82. The van der Waals surface area contributed by atoms with Crippen LogP contribution in [0.2, 0.25) is 0 Å². The Morgan fingerprint density at radius 2 is 1.84 bits per heavy atom. The molecule has 2 aromatic heterocycles. The zero-order valence-electron chi connectivity index (χ0n) is 17.8. The van der Waals surface area contributed by atoms with Crippen molar-refractivity contribution in [2.75, 3.05) is 18.5 Å². The fraction of sp³-hybridized carbons (Fsp3) is 0.273. The number of benzene rings is 1. The fourth-order valence-electron chi connectivity index (χ4n) is 3.28. The first-order valence-electron chi connectivity index (χ1n) is 9.91. The van der Waals surface area contributed by atoms with Crippen LogP contribution in [-0.2, 0) is 17.8 Å². The minimum absolute atomic E-state index is 0.298. The minimum atomic E-state index is -0.719. The molecule has 1 atom stereocenters. The number of thioether (sulfide) groups is 1. The lowest BCUT2D eigenvalue weighted by Crippen LogP contribution is -2.25. The van der Waals surface area contributed by atoms with Gasteiger partial charge in [-0.05, 0) is 17.5 Å². The van der Waals surface area contributed by atoms with E-state index in [-0.39, 0.29) is 0 Å². The van der Waals surface area contributed by atoms with E-state index >= 15 is 0 Å². The molecule has 0 spiro atoms. The summed E-state index contributed by atoms with van der Waals surface area (Å²) in [7, 11) is 1.83. The lowest BCUT2D eigenvalue weighted by molar-refractivity contribution is -0.117. The van der Waals surface area contributed by atoms with Gasteiger partial charge < -0.3 is 15.2 Å². The molecule has 1 aromatic carbocycles. The summed E-state index contributed by atoms with van der Waals surface area (Å²) in [6.45, 7) is 3.01. The van der Waals surface area contributed by atoms with E-state index in [1.807, 2.05) is 53.8 Å². The van der Waals surface area contributed by atoms with Crippen molar-refractivity contribution in [3.8, 4) is 12.1 Å². The van der Waals surface area contributed by atoms with Crippen molar-refractivity contribution in [1.82, 2.24) is 19.7 Å². The standard InChI is InChI=1S/C22H22N8OS/c1-3-16-17(11-23)21(29(2)9-10-30-13-26-27-14-30)28-22(18(16)12-24)32-19(20(25)31)15-7-5-4-6-8-15/h4-8,13-14,19H,3,9-10H2,1-2H3,(H2,25,31). The van der Waals surface area contributed by atoms with Gasteiger partial charge >= 0.3 is 0 Å². The Morgan fingerprint density at radius 3 is 2.41 bits per heavy atom. The maximum absolute atomic E-state index is 12.2. The lowest BCUT2D eigenvalue weighted by atomic mass is 10.0. The van der Waals surface area contributed by atoms with Crippen LogP contribution in [0.1, 0.15) is 34.4 Å². The van der Waals surface area contributed by atoms with E-state index in [2.05, 4.69) is 27.3 Å². The molecule has 0 aliphatic rings. The Bertz CT molecular complexity index is 1170. The van der Waals surface area contributed by atoms with Gasteiger partial charge in [-0.25, -0.2) is 4.98 Å². The Morgan fingerprint density at radius 1 is 1.19 bits per heavy atom. The smallest absolute Gasteiger partial charge is 0.235 e. The van der Waals surface area contributed by atoms with Crippen molar-refractivity contribution in [2.24, 2.45) is 5.73 Å². The molecule has 0 radical (unpaired) electrons. The Kier molecular flexibility index (Phi) is 7.42. The molecule has 10 heteroatoms. The summed E-state index contributed by atoms with van der Waals surface area (Å²) in [5.74, 6) is -0.0768. The highest BCUT2D eigenvalue weighted by molar-refractivity contribution is 8.00. The SMILES string of the molecule is CCc1c(C#N)c(SC(C(N)=O)c2ccccc2)nc(N(C)CCn2cnnc2)c1C#N. The molecule has 0 saturated carbocycles. The van der Waals surface area contributed by atoms with Crippen LogP contribution >= 0.6 is 11.8 Å². The van der Waals surface area contributed by atoms with Gasteiger partial charge in [0.25, 0.3) is 0 Å². The minimum Gasteiger partial charge on any atom is -0.368 e. The number of rotatable bonds is 9. The predicted molar refractivity (Wildman–Crippen MR) is 121 cm³/mol.